The van der Waals surface area contributed by atoms with E-state index in [0.29, 0.717) is 12.3 Å². The Morgan fingerprint density at radius 2 is 2.11 bits per heavy atom. The Morgan fingerprint density at radius 1 is 1.32 bits per heavy atom. The molecular weight excluding hydrogens is 262 g/mol. The number of nitrogens with two attached hydrogens (primary N) is 1. The van der Waals surface area contributed by atoms with Gasteiger partial charge in [-0.3, -0.25) is 0 Å². The molecule has 0 bridgehead atoms. The van der Waals surface area contributed by atoms with E-state index in [1.54, 1.807) is 0 Å². The molecule has 2 aromatic heterocycles. The van der Waals surface area contributed by atoms with Gasteiger partial charge in [0.25, 0.3) is 0 Å². The lowest BCUT2D eigenvalue weighted by atomic mass is 9.89. The quantitative estimate of drug-likeness (QED) is 0.888. The third-order valence-electron chi connectivity index (χ3n) is 3.76. The van der Waals surface area contributed by atoms with Crippen LogP contribution in [0.4, 0.5) is 0 Å². The van der Waals surface area contributed by atoms with E-state index in [-0.39, 0.29) is 12.6 Å². The molecule has 1 aliphatic rings. The second-order valence-electron chi connectivity index (χ2n) is 5.15. The van der Waals surface area contributed by atoms with Crippen LogP contribution in [0.5, 0.6) is 0 Å². The molecule has 1 fully saturated rings. The summed E-state index contributed by atoms with van der Waals surface area (Å²) in [5.74, 6) is 1.46. The van der Waals surface area contributed by atoms with Crippen LogP contribution in [0.3, 0.4) is 0 Å². The number of rotatable bonds is 4. The van der Waals surface area contributed by atoms with Crippen LogP contribution in [0.15, 0.2) is 0 Å². The van der Waals surface area contributed by atoms with Crippen molar-refractivity contribution in [2.75, 3.05) is 6.61 Å². The number of aromatic nitrogens is 4. The van der Waals surface area contributed by atoms with Crippen molar-refractivity contribution in [1.82, 2.24) is 19.8 Å². The van der Waals surface area contributed by atoms with Gasteiger partial charge in [0.1, 0.15) is 5.01 Å². The summed E-state index contributed by atoms with van der Waals surface area (Å²) in [6, 6.07) is -0.212. The van der Waals surface area contributed by atoms with E-state index in [1.165, 1.54) is 43.4 Å². The Morgan fingerprint density at radius 3 is 2.84 bits per heavy atom. The lowest BCUT2D eigenvalue weighted by Gasteiger charge is -2.18. The minimum atomic E-state index is -0.212. The number of hydrogen-bond acceptors (Lipinski definition) is 6. The van der Waals surface area contributed by atoms with E-state index in [9.17, 15) is 0 Å². The summed E-state index contributed by atoms with van der Waals surface area (Å²) >= 11 is 1.47. The van der Waals surface area contributed by atoms with Crippen molar-refractivity contribution in [3.8, 4) is 0 Å². The third kappa shape index (κ3) is 2.50. The van der Waals surface area contributed by atoms with Gasteiger partial charge in [-0.2, -0.15) is 9.61 Å². The molecule has 2 heterocycles. The first-order valence-electron chi connectivity index (χ1n) is 6.88. The van der Waals surface area contributed by atoms with Gasteiger partial charge in [-0.15, -0.1) is 10.2 Å². The van der Waals surface area contributed by atoms with Crippen molar-refractivity contribution in [2.24, 2.45) is 5.73 Å². The Bertz CT molecular complexity index is 545. The number of aliphatic hydroxyl groups excluding tert-OH is 1. The average molecular weight is 281 g/mol. The van der Waals surface area contributed by atoms with Crippen LogP contribution in [-0.4, -0.2) is 31.5 Å². The molecule has 1 unspecified atom stereocenters. The minimum absolute atomic E-state index is 0.0802. The summed E-state index contributed by atoms with van der Waals surface area (Å²) in [7, 11) is 0. The number of aliphatic hydroxyl groups is 1. The van der Waals surface area contributed by atoms with Gasteiger partial charge in [0, 0.05) is 12.5 Å². The summed E-state index contributed by atoms with van der Waals surface area (Å²) < 4.78 is 1.85. The van der Waals surface area contributed by atoms with Gasteiger partial charge in [0.05, 0.1) is 6.04 Å². The van der Waals surface area contributed by atoms with Crippen molar-refractivity contribution in [3.63, 3.8) is 0 Å². The molecule has 0 aliphatic heterocycles. The normalized spacial score (nSPS) is 19.1. The van der Waals surface area contributed by atoms with Gasteiger partial charge in [-0.05, 0) is 19.3 Å². The summed E-state index contributed by atoms with van der Waals surface area (Å²) in [6.45, 7) is 0.0802. The molecule has 1 aliphatic carbocycles. The largest absolute Gasteiger partial charge is 0.396 e. The molecule has 2 aromatic rings. The lowest BCUT2D eigenvalue weighted by Crippen LogP contribution is -2.13. The fourth-order valence-electron chi connectivity index (χ4n) is 2.67. The van der Waals surface area contributed by atoms with E-state index in [2.05, 4.69) is 15.3 Å². The number of nitrogens with zero attached hydrogens (tertiary/aromatic N) is 4. The molecule has 0 saturated heterocycles. The second-order valence-corrected chi connectivity index (χ2v) is 6.13. The van der Waals surface area contributed by atoms with Gasteiger partial charge in [0.2, 0.25) is 4.96 Å². The standard InChI is InChI=1S/C12H19N5OS/c13-9(6-7-18)11-16-17-10(14-15-12(17)19-11)8-4-2-1-3-5-8/h8-9,18H,1-7,13H2. The van der Waals surface area contributed by atoms with E-state index in [0.717, 1.165) is 15.8 Å². The van der Waals surface area contributed by atoms with E-state index in [1.807, 2.05) is 4.52 Å². The molecule has 0 radical (unpaired) electrons. The minimum Gasteiger partial charge on any atom is -0.396 e. The van der Waals surface area contributed by atoms with Crippen LogP contribution < -0.4 is 5.73 Å². The summed E-state index contributed by atoms with van der Waals surface area (Å²) in [5.41, 5.74) is 5.98. The molecular formula is C12H19N5OS. The lowest BCUT2D eigenvalue weighted by molar-refractivity contribution is 0.276. The van der Waals surface area contributed by atoms with Crippen molar-refractivity contribution >= 4 is 16.3 Å². The van der Waals surface area contributed by atoms with Gasteiger partial charge >= 0.3 is 0 Å². The Hall–Kier alpha value is -1.05. The maximum Gasteiger partial charge on any atom is 0.234 e. The van der Waals surface area contributed by atoms with Crippen LogP contribution in [0, 0.1) is 0 Å². The van der Waals surface area contributed by atoms with Crippen LogP contribution in [0.1, 0.15) is 61.3 Å². The van der Waals surface area contributed by atoms with Crippen molar-refractivity contribution in [2.45, 2.75) is 50.5 Å². The van der Waals surface area contributed by atoms with Crippen LogP contribution in [-0.2, 0) is 0 Å². The molecule has 1 atom stereocenters. The first kappa shape index (κ1) is 13.0. The Labute approximate surface area is 115 Å². The van der Waals surface area contributed by atoms with Crippen molar-refractivity contribution in [3.05, 3.63) is 10.8 Å². The molecule has 6 nitrogen and oxygen atoms in total. The van der Waals surface area contributed by atoms with E-state index < -0.39 is 0 Å². The predicted octanol–water partition coefficient (Wildman–Crippen LogP) is 1.62. The highest BCUT2D eigenvalue weighted by Gasteiger charge is 2.23. The molecule has 0 amide bonds. The van der Waals surface area contributed by atoms with Crippen molar-refractivity contribution in [1.29, 1.82) is 0 Å². The zero-order valence-corrected chi connectivity index (χ0v) is 11.6. The SMILES string of the molecule is NC(CCO)c1nn2c(C3CCCCC3)nnc2s1. The average Bonchev–Trinajstić information content (AvgIpc) is 2.99. The maximum absolute atomic E-state index is 8.94. The van der Waals surface area contributed by atoms with Gasteiger partial charge in [-0.25, -0.2) is 0 Å². The van der Waals surface area contributed by atoms with E-state index in [4.69, 9.17) is 10.8 Å². The monoisotopic (exact) mass is 281 g/mol. The molecule has 104 valence electrons. The summed E-state index contributed by atoms with van der Waals surface area (Å²) in [6.07, 6.45) is 6.74. The topological polar surface area (TPSA) is 89.3 Å². The Balaban J connectivity index is 1.89. The highest BCUT2D eigenvalue weighted by atomic mass is 32.1. The zero-order valence-electron chi connectivity index (χ0n) is 10.8. The third-order valence-corrected chi connectivity index (χ3v) is 4.79. The zero-order chi connectivity index (χ0) is 13.2. The summed E-state index contributed by atoms with van der Waals surface area (Å²) in [5, 5.41) is 22.8. The highest BCUT2D eigenvalue weighted by Crippen LogP contribution is 2.32. The molecule has 3 rings (SSSR count). The number of hydrogen-bond donors (Lipinski definition) is 2. The van der Waals surface area contributed by atoms with Gasteiger partial charge < -0.3 is 10.8 Å². The van der Waals surface area contributed by atoms with Gasteiger partial charge in [0.15, 0.2) is 5.82 Å². The highest BCUT2D eigenvalue weighted by molar-refractivity contribution is 7.16. The molecule has 0 aromatic carbocycles. The predicted molar refractivity (Wildman–Crippen MR) is 73.1 cm³/mol. The summed E-state index contributed by atoms with van der Waals surface area (Å²) in [4.78, 5) is 0.809. The van der Waals surface area contributed by atoms with E-state index >= 15 is 0 Å². The number of fused-ring (bicyclic) bond motifs is 1. The molecule has 7 heteroatoms. The second kappa shape index (κ2) is 5.52. The molecule has 19 heavy (non-hydrogen) atoms. The van der Waals surface area contributed by atoms with Crippen molar-refractivity contribution < 1.29 is 5.11 Å². The van der Waals surface area contributed by atoms with Crippen LogP contribution >= 0.6 is 11.3 Å². The fourth-order valence-corrected chi connectivity index (χ4v) is 3.56. The first-order chi connectivity index (χ1) is 9.29. The van der Waals surface area contributed by atoms with Crippen LogP contribution in [0.25, 0.3) is 4.96 Å². The van der Waals surface area contributed by atoms with Gasteiger partial charge in [-0.1, -0.05) is 30.6 Å². The maximum atomic E-state index is 8.94. The Kier molecular flexibility index (Phi) is 3.76. The first-order valence-corrected chi connectivity index (χ1v) is 7.69. The fraction of sp³-hybridized carbons (Fsp3) is 0.750. The smallest absolute Gasteiger partial charge is 0.234 e. The van der Waals surface area contributed by atoms with Crippen LogP contribution in [0.2, 0.25) is 0 Å². The molecule has 3 N–H and O–H groups in total. The molecule has 1 saturated carbocycles. The molecule has 0 spiro atoms.